The van der Waals surface area contributed by atoms with Gasteiger partial charge in [-0.15, -0.1) is 0 Å². The Morgan fingerprint density at radius 1 is 1.03 bits per heavy atom. The first-order valence-electron chi connectivity index (χ1n) is 12.0. The Morgan fingerprint density at radius 2 is 1.69 bits per heavy atom. The van der Waals surface area contributed by atoms with Crippen molar-refractivity contribution in [3.05, 3.63) is 71.8 Å². The van der Waals surface area contributed by atoms with Crippen LogP contribution in [0.5, 0.6) is 5.75 Å². The summed E-state index contributed by atoms with van der Waals surface area (Å²) in [5, 5.41) is 2.86. The molecule has 1 aliphatic carbocycles. The average Bonchev–Trinajstić information content (AvgIpc) is 2.83. The van der Waals surface area contributed by atoms with Gasteiger partial charge in [0.15, 0.2) is 0 Å². The van der Waals surface area contributed by atoms with Crippen molar-refractivity contribution in [2.24, 2.45) is 5.92 Å². The molecule has 2 aromatic rings. The Labute approximate surface area is 193 Å². The van der Waals surface area contributed by atoms with Crippen molar-refractivity contribution in [3.63, 3.8) is 0 Å². The van der Waals surface area contributed by atoms with E-state index in [1.54, 1.807) is 11.9 Å². The third-order valence-corrected chi connectivity index (χ3v) is 6.73. The minimum atomic E-state index is -0.123. The van der Waals surface area contributed by atoms with Crippen LogP contribution in [0, 0.1) is 5.92 Å². The van der Waals surface area contributed by atoms with Gasteiger partial charge >= 0.3 is 6.03 Å². The molecule has 4 heteroatoms. The Hall–Kier alpha value is -2.75. The number of carbonyl (C=O) groups excluding carboxylic acids is 1. The lowest BCUT2D eigenvalue weighted by atomic mass is 9.77. The van der Waals surface area contributed by atoms with E-state index in [1.165, 1.54) is 43.2 Å². The highest BCUT2D eigenvalue weighted by molar-refractivity contribution is 5.84. The van der Waals surface area contributed by atoms with Gasteiger partial charge in [0.25, 0.3) is 0 Å². The average molecular weight is 435 g/mol. The van der Waals surface area contributed by atoms with Crippen LogP contribution < -0.4 is 10.1 Å². The van der Waals surface area contributed by atoms with Gasteiger partial charge in [0.2, 0.25) is 0 Å². The van der Waals surface area contributed by atoms with Crippen molar-refractivity contribution >= 4 is 11.7 Å². The molecular formula is C28H38N2O2. The molecule has 172 valence electrons. The van der Waals surface area contributed by atoms with E-state index in [0.717, 1.165) is 30.3 Å². The highest BCUT2D eigenvalue weighted by atomic mass is 16.5. The molecule has 0 aliphatic heterocycles. The smallest absolute Gasteiger partial charge is 0.321 e. The molecule has 1 aliphatic rings. The molecule has 0 saturated heterocycles. The molecule has 2 aromatic carbocycles. The normalized spacial score (nSPS) is 18.1. The predicted molar refractivity (Wildman–Crippen MR) is 133 cm³/mol. The molecule has 1 fully saturated rings. The lowest BCUT2D eigenvalue weighted by molar-refractivity contribution is 0.215. The van der Waals surface area contributed by atoms with E-state index >= 15 is 0 Å². The number of aryl methyl sites for hydroxylation is 1. The number of benzene rings is 2. The predicted octanol–water partition coefficient (Wildman–Crippen LogP) is 6.62. The first kappa shape index (κ1) is 23.9. The first-order valence-corrected chi connectivity index (χ1v) is 12.0. The summed E-state index contributed by atoms with van der Waals surface area (Å²) in [6, 6.07) is 17.0. The van der Waals surface area contributed by atoms with Crippen molar-refractivity contribution < 1.29 is 9.53 Å². The number of hydrogen-bond donors (Lipinski definition) is 1. The van der Waals surface area contributed by atoms with Gasteiger partial charge in [-0.1, -0.05) is 43.0 Å². The van der Waals surface area contributed by atoms with Gasteiger partial charge in [-0.25, -0.2) is 4.79 Å². The van der Waals surface area contributed by atoms with Crippen LogP contribution in [0.25, 0.3) is 5.70 Å². The number of ether oxygens (including phenoxy) is 1. The zero-order valence-corrected chi connectivity index (χ0v) is 19.9. The van der Waals surface area contributed by atoms with E-state index in [1.807, 2.05) is 13.8 Å². The van der Waals surface area contributed by atoms with E-state index in [4.69, 9.17) is 4.74 Å². The Morgan fingerprint density at radius 3 is 2.28 bits per heavy atom. The molecule has 0 spiro atoms. The van der Waals surface area contributed by atoms with Crippen LogP contribution in [0.4, 0.5) is 4.79 Å². The zero-order chi connectivity index (χ0) is 22.9. The Balaban J connectivity index is 1.42. The fourth-order valence-corrected chi connectivity index (χ4v) is 4.47. The highest BCUT2D eigenvalue weighted by Gasteiger charge is 2.22. The summed E-state index contributed by atoms with van der Waals surface area (Å²) in [4.78, 5) is 13.6. The lowest BCUT2D eigenvalue weighted by Crippen LogP contribution is -2.35. The van der Waals surface area contributed by atoms with E-state index in [-0.39, 0.29) is 6.03 Å². The third kappa shape index (κ3) is 6.62. The van der Waals surface area contributed by atoms with Crippen molar-refractivity contribution in [1.29, 1.82) is 0 Å². The van der Waals surface area contributed by atoms with Crippen LogP contribution in [0.3, 0.4) is 0 Å². The molecule has 0 bridgehead atoms. The standard InChI is InChI=1S/C28H38N2O2/c1-5-30(4)28(31)29-21(3)24-13-9-22(10-14-24)7-8-23-11-15-25(16-12-23)26-17-19-27(20-18-26)32-6-2/h9-10,13-14,17-20,23,25H,3,5-8,11-12,15-16H2,1-2,4H3,(H,29,31). The van der Waals surface area contributed by atoms with E-state index in [0.29, 0.717) is 18.2 Å². The Kier molecular flexibility index (Phi) is 8.78. The maximum Gasteiger partial charge on any atom is 0.321 e. The summed E-state index contributed by atoms with van der Waals surface area (Å²) >= 11 is 0. The number of carbonyl (C=O) groups is 1. The number of urea groups is 1. The van der Waals surface area contributed by atoms with Gasteiger partial charge in [0.05, 0.1) is 6.61 Å². The Bertz CT molecular complexity index is 865. The van der Waals surface area contributed by atoms with Crippen molar-refractivity contribution in [2.75, 3.05) is 20.2 Å². The fraction of sp³-hybridized carbons (Fsp3) is 0.464. The summed E-state index contributed by atoms with van der Waals surface area (Å²) in [6.07, 6.45) is 7.53. The molecule has 0 atom stereocenters. The second-order valence-electron chi connectivity index (χ2n) is 8.88. The minimum Gasteiger partial charge on any atom is -0.494 e. The second kappa shape index (κ2) is 11.8. The number of hydrogen-bond acceptors (Lipinski definition) is 2. The van der Waals surface area contributed by atoms with Gasteiger partial charge < -0.3 is 15.0 Å². The molecule has 1 N–H and O–H groups in total. The van der Waals surface area contributed by atoms with Gasteiger partial charge in [-0.3, -0.25) is 0 Å². The number of amides is 2. The number of nitrogens with one attached hydrogen (secondary N) is 1. The number of rotatable bonds is 9. The van der Waals surface area contributed by atoms with Gasteiger partial charge in [0, 0.05) is 19.3 Å². The van der Waals surface area contributed by atoms with Crippen LogP contribution in [-0.4, -0.2) is 31.1 Å². The topological polar surface area (TPSA) is 41.6 Å². The maximum absolute atomic E-state index is 12.0. The van der Waals surface area contributed by atoms with Crippen LogP contribution in [0.2, 0.25) is 0 Å². The van der Waals surface area contributed by atoms with Gasteiger partial charge in [-0.2, -0.15) is 0 Å². The molecule has 3 rings (SSSR count). The first-order chi connectivity index (χ1) is 15.5. The molecule has 0 radical (unpaired) electrons. The van der Waals surface area contributed by atoms with Crippen molar-refractivity contribution in [1.82, 2.24) is 10.2 Å². The van der Waals surface area contributed by atoms with E-state index < -0.39 is 0 Å². The van der Waals surface area contributed by atoms with Crippen LogP contribution >= 0.6 is 0 Å². The molecule has 32 heavy (non-hydrogen) atoms. The SMILES string of the molecule is C=C(NC(=O)N(C)CC)c1ccc(CCC2CCC(c3ccc(OCC)cc3)CC2)cc1. The maximum atomic E-state index is 12.0. The van der Waals surface area contributed by atoms with Crippen molar-refractivity contribution in [2.45, 2.75) is 58.3 Å². The molecule has 2 amide bonds. The monoisotopic (exact) mass is 434 g/mol. The molecule has 0 unspecified atom stereocenters. The summed E-state index contributed by atoms with van der Waals surface area (Å²) < 4.78 is 5.57. The molecule has 0 heterocycles. The zero-order valence-electron chi connectivity index (χ0n) is 19.9. The summed E-state index contributed by atoms with van der Waals surface area (Å²) in [5.74, 6) is 2.47. The molecule has 1 saturated carbocycles. The molecule has 0 aromatic heterocycles. The molecular weight excluding hydrogens is 396 g/mol. The number of nitrogens with zero attached hydrogens (tertiary/aromatic N) is 1. The van der Waals surface area contributed by atoms with Gasteiger partial charge in [-0.05, 0) is 93.0 Å². The van der Waals surface area contributed by atoms with Gasteiger partial charge in [0.1, 0.15) is 5.75 Å². The van der Waals surface area contributed by atoms with Crippen molar-refractivity contribution in [3.8, 4) is 5.75 Å². The van der Waals surface area contributed by atoms with Crippen LogP contribution in [-0.2, 0) is 6.42 Å². The fourth-order valence-electron chi connectivity index (χ4n) is 4.47. The molecule has 4 nitrogen and oxygen atoms in total. The van der Waals surface area contributed by atoms with Crippen LogP contribution in [0.15, 0.2) is 55.1 Å². The summed E-state index contributed by atoms with van der Waals surface area (Å²) in [6.45, 7) is 9.36. The summed E-state index contributed by atoms with van der Waals surface area (Å²) in [7, 11) is 1.78. The minimum absolute atomic E-state index is 0.123. The third-order valence-electron chi connectivity index (χ3n) is 6.73. The van der Waals surface area contributed by atoms with E-state index in [9.17, 15) is 4.79 Å². The quantitative estimate of drug-likeness (QED) is 0.481. The summed E-state index contributed by atoms with van der Waals surface area (Å²) in [5.41, 5.74) is 4.42. The highest BCUT2D eigenvalue weighted by Crippen LogP contribution is 2.38. The van der Waals surface area contributed by atoms with Crippen LogP contribution in [0.1, 0.15) is 68.6 Å². The largest absolute Gasteiger partial charge is 0.494 e. The van der Waals surface area contributed by atoms with E-state index in [2.05, 4.69) is 60.4 Å². The lowest BCUT2D eigenvalue weighted by Gasteiger charge is -2.29. The second-order valence-corrected chi connectivity index (χ2v) is 8.88.